The van der Waals surface area contributed by atoms with Crippen LogP contribution in [0.15, 0.2) is 18.2 Å². The number of nitrogens with two attached hydrogens (primary N) is 1. The summed E-state index contributed by atoms with van der Waals surface area (Å²) in [6.07, 6.45) is 0.283. The van der Waals surface area contributed by atoms with Crippen molar-refractivity contribution in [2.24, 2.45) is 0 Å². The van der Waals surface area contributed by atoms with Gasteiger partial charge in [0.05, 0.1) is 23.5 Å². The third-order valence-corrected chi connectivity index (χ3v) is 3.25. The highest BCUT2D eigenvalue weighted by molar-refractivity contribution is 6.00. The summed E-state index contributed by atoms with van der Waals surface area (Å²) < 4.78 is 5.72. The number of nitrogen functional groups attached to an aromatic ring is 1. The van der Waals surface area contributed by atoms with Gasteiger partial charge in [-0.1, -0.05) is 0 Å². The summed E-state index contributed by atoms with van der Waals surface area (Å²) in [7, 11) is 1.63. The fraction of sp³-hybridized carbons (Fsp3) is 0.500. The molecule has 0 saturated carbocycles. The minimum Gasteiger partial charge on any atom is -0.399 e. The first-order valence-corrected chi connectivity index (χ1v) is 6.53. The first-order valence-electron chi connectivity index (χ1n) is 6.53. The van der Waals surface area contributed by atoms with Crippen LogP contribution in [-0.2, 0) is 4.74 Å². The van der Waals surface area contributed by atoms with Gasteiger partial charge in [0, 0.05) is 25.8 Å². The number of nitrogens with zero attached hydrogens (tertiary/aromatic N) is 1. The second kappa shape index (κ2) is 5.48. The fourth-order valence-electron chi connectivity index (χ4n) is 2.51. The molecule has 0 radical (unpaired) electrons. The lowest BCUT2D eigenvalue weighted by atomic mass is 10.1. The number of carbonyl (C=O) groups excluding carboxylic acids is 1. The van der Waals surface area contributed by atoms with E-state index in [1.165, 1.54) is 0 Å². The molecule has 0 bridgehead atoms. The molecular weight excluding hydrogens is 242 g/mol. The van der Waals surface area contributed by atoms with E-state index >= 15 is 0 Å². The lowest BCUT2D eigenvalue weighted by Gasteiger charge is -2.37. The molecule has 19 heavy (non-hydrogen) atoms. The van der Waals surface area contributed by atoms with Gasteiger partial charge in [-0.05, 0) is 32.0 Å². The van der Waals surface area contributed by atoms with Gasteiger partial charge in [-0.2, -0.15) is 0 Å². The number of rotatable bonds is 2. The van der Waals surface area contributed by atoms with Crippen molar-refractivity contribution in [1.82, 2.24) is 5.32 Å². The number of hydrogen-bond acceptors (Lipinski definition) is 4. The maximum absolute atomic E-state index is 11.9. The van der Waals surface area contributed by atoms with Gasteiger partial charge >= 0.3 is 0 Å². The quantitative estimate of drug-likeness (QED) is 0.788. The van der Waals surface area contributed by atoms with Crippen LogP contribution in [0.4, 0.5) is 11.4 Å². The molecule has 1 aromatic carbocycles. The van der Waals surface area contributed by atoms with Gasteiger partial charge in [0.2, 0.25) is 0 Å². The summed E-state index contributed by atoms with van der Waals surface area (Å²) in [4.78, 5) is 14.1. The Labute approximate surface area is 113 Å². The van der Waals surface area contributed by atoms with E-state index in [9.17, 15) is 4.79 Å². The van der Waals surface area contributed by atoms with Crippen molar-refractivity contribution in [3.8, 4) is 0 Å². The SMILES string of the molecule is CNC(=O)c1ccc(N)cc1N1C[C@@H](C)O[C@@H](C)C1. The topological polar surface area (TPSA) is 67.6 Å². The van der Waals surface area contributed by atoms with E-state index in [1.54, 1.807) is 19.2 Å². The molecule has 5 heteroatoms. The van der Waals surface area contributed by atoms with Crippen molar-refractivity contribution >= 4 is 17.3 Å². The van der Waals surface area contributed by atoms with Crippen molar-refractivity contribution in [3.63, 3.8) is 0 Å². The Morgan fingerprint density at radius 3 is 2.58 bits per heavy atom. The van der Waals surface area contributed by atoms with E-state index in [0.717, 1.165) is 18.8 Å². The summed E-state index contributed by atoms with van der Waals surface area (Å²) in [5.41, 5.74) is 8.04. The lowest BCUT2D eigenvalue weighted by molar-refractivity contribution is -0.00527. The molecule has 1 aliphatic heterocycles. The Morgan fingerprint density at radius 2 is 2.00 bits per heavy atom. The summed E-state index contributed by atoms with van der Waals surface area (Å²) in [6.45, 7) is 5.60. The predicted octanol–water partition coefficient (Wildman–Crippen LogP) is 1.24. The Kier molecular flexibility index (Phi) is 3.95. The minimum absolute atomic E-state index is 0.0956. The second-order valence-electron chi connectivity index (χ2n) is 5.02. The summed E-state index contributed by atoms with van der Waals surface area (Å²) in [5, 5.41) is 2.66. The zero-order chi connectivity index (χ0) is 14.0. The van der Waals surface area contributed by atoms with Crippen molar-refractivity contribution in [2.45, 2.75) is 26.1 Å². The van der Waals surface area contributed by atoms with Crippen LogP contribution in [0.2, 0.25) is 0 Å². The highest BCUT2D eigenvalue weighted by Gasteiger charge is 2.25. The Hall–Kier alpha value is -1.75. The van der Waals surface area contributed by atoms with E-state index in [0.29, 0.717) is 11.3 Å². The van der Waals surface area contributed by atoms with Crippen molar-refractivity contribution in [1.29, 1.82) is 0 Å². The van der Waals surface area contributed by atoms with E-state index in [2.05, 4.69) is 10.2 Å². The fourth-order valence-corrected chi connectivity index (χ4v) is 2.51. The number of ether oxygens (including phenoxy) is 1. The molecule has 1 amide bonds. The van der Waals surface area contributed by atoms with Gasteiger partial charge in [-0.25, -0.2) is 0 Å². The van der Waals surface area contributed by atoms with Crippen molar-refractivity contribution in [3.05, 3.63) is 23.8 Å². The van der Waals surface area contributed by atoms with Crippen LogP contribution in [0, 0.1) is 0 Å². The van der Waals surface area contributed by atoms with E-state index in [4.69, 9.17) is 10.5 Å². The van der Waals surface area contributed by atoms with E-state index < -0.39 is 0 Å². The van der Waals surface area contributed by atoms with Crippen molar-refractivity contribution in [2.75, 3.05) is 30.8 Å². The van der Waals surface area contributed by atoms with Gasteiger partial charge in [0.15, 0.2) is 0 Å². The summed E-state index contributed by atoms with van der Waals surface area (Å²) >= 11 is 0. The highest BCUT2D eigenvalue weighted by Crippen LogP contribution is 2.26. The lowest BCUT2D eigenvalue weighted by Crippen LogP contribution is -2.46. The van der Waals surface area contributed by atoms with Crippen LogP contribution >= 0.6 is 0 Å². The maximum Gasteiger partial charge on any atom is 0.253 e. The van der Waals surface area contributed by atoms with Crippen LogP contribution in [0.25, 0.3) is 0 Å². The van der Waals surface area contributed by atoms with Gasteiger partial charge in [-0.3, -0.25) is 4.79 Å². The predicted molar refractivity (Wildman–Crippen MR) is 76.5 cm³/mol. The number of nitrogens with one attached hydrogen (secondary N) is 1. The third-order valence-electron chi connectivity index (χ3n) is 3.25. The molecule has 0 aliphatic carbocycles. The molecule has 1 fully saturated rings. The molecule has 1 aliphatic rings. The number of hydrogen-bond donors (Lipinski definition) is 2. The molecule has 1 heterocycles. The van der Waals surface area contributed by atoms with Crippen molar-refractivity contribution < 1.29 is 9.53 Å². The molecule has 1 aromatic rings. The molecule has 3 N–H and O–H groups in total. The number of carbonyl (C=O) groups is 1. The first-order chi connectivity index (χ1) is 9.01. The highest BCUT2D eigenvalue weighted by atomic mass is 16.5. The third kappa shape index (κ3) is 2.98. The smallest absolute Gasteiger partial charge is 0.253 e. The van der Waals surface area contributed by atoms with Gasteiger partial charge < -0.3 is 20.7 Å². The number of morpholine rings is 1. The van der Waals surface area contributed by atoms with Crippen LogP contribution < -0.4 is 16.0 Å². The van der Waals surface area contributed by atoms with E-state index in [-0.39, 0.29) is 18.1 Å². The largest absolute Gasteiger partial charge is 0.399 e. The van der Waals surface area contributed by atoms with E-state index in [1.807, 2.05) is 19.9 Å². The average Bonchev–Trinajstić information content (AvgIpc) is 2.36. The van der Waals surface area contributed by atoms with Gasteiger partial charge in [0.25, 0.3) is 5.91 Å². The number of amides is 1. The molecule has 0 unspecified atom stereocenters. The molecule has 104 valence electrons. The van der Waals surface area contributed by atoms with Crippen LogP contribution in [0.5, 0.6) is 0 Å². The number of anilines is 2. The monoisotopic (exact) mass is 263 g/mol. The minimum atomic E-state index is -0.0956. The zero-order valence-corrected chi connectivity index (χ0v) is 11.6. The molecule has 2 rings (SSSR count). The Bertz CT molecular complexity index is 466. The Balaban J connectivity index is 2.36. The first kappa shape index (κ1) is 13.7. The molecule has 2 atom stereocenters. The molecule has 5 nitrogen and oxygen atoms in total. The van der Waals surface area contributed by atoms with Crippen LogP contribution in [-0.4, -0.2) is 38.3 Å². The average molecular weight is 263 g/mol. The van der Waals surface area contributed by atoms with Gasteiger partial charge in [-0.15, -0.1) is 0 Å². The molecule has 1 saturated heterocycles. The molecular formula is C14H21N3O2. The second-order valence-corrected chi connectivity index (χ2v) is 5.02. The Morgan fingerprint density at radius 1 is 1.37 bits per heavy atom. The summed E-state index contributed by atoms with van der Waals surface area (Å²) in [6, 6.07) is 5.38. The molecule has 0 spiro atoms. The zero-order valence-electron chi connectivity index (χ0n) is 11.6. The van der Waals surface area contributed by atoms with Gasteiger partial charge in [0.1, 0.15) is 0 Å². The maximum atomic E-state index is 11.9. The number of benzene rings is 1. The molecule has 0 aromatic heterocycles. The summed E-state index contributed by atoms with van der Waals surface area (Å²) in [5.74, 6) is -0.0956. The normalized spacial score (nSPS) is 23.2. The van der Waals surface area contributed by atoms with Crippen LogP contribution in [0.3, 0.4) is 0 Å². The van der Waals surface area contributed by atoms with Crippen LogP contribution in [0.1, 0.15) is 24.2 Å². The standard InChI is InChI=1S/C14H21N3O2/c1-9-7-17(8-10(2)19-9)13-6-11(15)4-5-12(13)14(18)16-3/h4-6,9-10H,7-8,15H2,1-3H3,(H,16,18)/t9-,10+.